The van der Waals surface area contributed by atoms with E-state index in [2.05, 4.69) is 9.97 Å². The quantitative estimate of drug-likeness (QED) is 0.245. The number of aromatic nitrogens is 3. The van der Waals surface area contributed by atoms with Crippen LogP contribution in [0.15, 0.2) is 29.2 Å². The van der Waals surface area contributed by atoms with E-state index in [1.165, 1.54) is 48.0 Å². The lowest BCUT2D eigenvalue weighted by atomic mass is 10.1. The van der Waals surface area contributed by atoms with Gasteiger partial charge in [0.15, 0.2) is 0 Å². The molecule has 0 aliphatic heterocycles. The molecule has 0 saturated carbocycles. The summed E-state index contributed by atoms with van der Waals surface area (Å²) in [7, 11) is -7.69. The fourth-order valence-corrected chi connectivity index (χ4v) is 4.04. The molecule has 0 saturated heterocycles. The average Bonchev–Trinajstić information content (AvgIpc) is 3.11. The van der Waals surface area contributed by atoms with Gasteiger partial charge in [-0.3, -0.25) is 0 Å². The van der Waals surface area contributed by atoms with Gasteiger partial charge in [0.25, 0.3) is 0 Å². The van der Waals surface area contributed by atoms with E-state index < -0.39 is 44.0 Å². The van der Waals surface area contributed by atoms with Crippen LogP contribution in [0.5, 0.6) is 11.9 Å². The molecule has 9 nitrogen and oxygen atoms in total. The van der Waals surface area contributed by atoms with Gasteiger partial charge in [-0.2, -0.15) is 9.97 Å². The van der Waals surface area contributed by atoms with Crippen LogP contribution in [-0.2, 0) is 9.47 Å². The minimum absolute atomic E-state index is 0.0570. The van der Waals surface area contributed by atoms with E-state index in [1.807, 2.05) is 0 Å². The zero-order valence-corrected chi connectivity index (χ0v) is 21.4. The summed E-state index contributed by atoms with van der Waals surface area (Å²) in [5, 5.41) is -0.206. The van der Waals surface area contributed by atoms with Crippen LogP contribution in [0.25, 0.3) is 22.2 Å². The molecule has 0 aliphatic rings. The zero-order valence-electron chi connectivity index (χ0n) is 20.6. The van der Waals surface area contributed by atoms with Gasteiger partial charge < -0.3 is 18.9 Å². The summed E-state index contributed by atoms with van der Waals surface area (Å²) in [5.41, 5.74) is -2.80. The molecule has 0 atom stereocenters. The molecule has 204 valence electrons. The van der Waals surface area contributed by atoms with Crippen molar-refractivity contribution in [1.29, 1.82) is 0 Å². The first-order chi connectivity index (χ1) is 16.8. The van der Waals surface area contributed by atoms with Crippen molar-refractivity contribution in [1.82, 2.24) is 14.5 Å². The Morgan fingerprint density at radius 3 is 2.16 bits per heavy atom. The molecule has 2 heterocycles. The predicted octanol–water partition coefficient (Wildman–Crippen LogP) is 6.73. The Kier molecular flexibility index (Phi) is 6.40. The highest BCUT2D eigenvalue weighted by atomic mass is 32.5. The van der Waals surface area contributed by atoms with Gasteiger partial charge in [0.1, 0.15) is 16.2 Å². The van der Waals surface area contributed by atoms with E-state index >= 15 is 0 Å². The molecule has 3 rings (SSSR count). The highest BCUT2D eigenvalue weighted by molar-refractivity contribution is 8.45. The summed E-state index contributed by atoms with van der Waals surface area (Å²) in [4.78, 5) is 32.1. The summed E-state index contributed by atoms with van der Waals surface area (Å²) in [6.07, 6.45) is -1.31. The molecule has 1 aromatic carbocycles. The van der Waals surface area contributed by atoms with Crippen molar-refractivity contribution in [2.45, 2.75) is 38.2 Å². The Morgan fingerprint density at radius 2 is 1.65 bits per heavy atom. The second-order valence-electron chi connectivity index (χ2n) is 8.69. The first-order valence-corrected chi connectivity index (χ1v) is 12.5. The SMILES string of the molecule is CCOC(=O)c1c(-c2cc(OC)nc(OC)n2)c2ccc(S(F)(F)(F)(F)F)cc2n1C(=O)OC(C)(C)C. The summed E-state index contributed by atoms with van der Waals surface area (Å²) >= 11 is 0. The van der Waals surface area contributed by atoms with Crippen LogP contribution in [0.1, 0.15) is 38.2 Å². The van der Waals surface area contributed by atoms with Gasteiger partial charge in [-0.05, 0) is 39.8 Å². The molecule has 0 spiro atoms. The lowest BCUT2D eigenvalue weighted by Gasteiger charge is -2.40. The van der Waals surface area contributed by atoms with Crippen molar-refractivity contribution in [3.8, 4) is 23.1 Å². The molecule has 0 N–H and O–H groups in total. The molecule has 0 aliphatic carbocycles. The molecule has 15 heteroatoms. The van der Waals surface area contributed by atoms with E-state index in [0.717, 1.165) is 0 Å². The summed E-state index contributed by atoms with van der Waals surface area (Å²) < 4.78 is 89.5. The highest BCUT2D eigenvalue weighted by Gasteiger charge is 2.65. The van der Waals surface area contributed by atoms with Crippen molar-refractivity contribution in [3.63, 3.8) is 0 Å². The molecule has 0 radical (unpaired) electrons. The molecule has 0 bridgehead atoms. The van der Waals surface area contributed by atoms with E-state index in [9.17, 15) is 29.0 Å². The number of hydrogen-bond donors (Lipinski definition) is 0. The number of nitrogens with zero attached hydrogens (tertiary/aromatic N) is 3. The number of rotatable bonds is 6. The Hall–Kier alpha value is -3.62. The first kappa shape index (κ1) is 28.0. The van der Waals surface area contributed by atoms with Gasteiger partial charge in [-0.1, -0.05) is 25.5 Å². The maximum absolute atomic E-state index is 13.7. The fraction of sp³-hybridized carbons (Fsp3) is 0.364. The molecular formula is C22H24F5N3O6S. The van der Waals surface area contributed by atoms with E-state index in [4.69, 9.17) is 18.9 Å². The molecular weight excluding hydrogens is 529 g/mol. The number of hydrogen-bond acceptors (Lipinski definition) is 8. The van der Waals surface area contributed by atoms with E-state index in [-0.39, 0.29) is 47.3 Å². The standard InChI is InChI=1S/C22H24F5N3O6S/c1-7-35-19(31)18-17(14-11-16(33-5)29-20(28-14)34-6)13-9-8-12(37(23,24,25,26)27)10-15(13)30(18)21(32)36-22(2,3)4/h8-11H,7H2,1-6H3. The predicted molar refractivity (Wildman–Crippen MR) is 125 cm³/mol. The van der Waals surface area contributed by atoms with Gasteiger partial charge in [0.05, 0.1) is 32.0 Å². The number of carbonyl (C=O) groups excluding carboxylic acids is 2. The number of ether oxygens (including phenoxy) is 4. The van der Waals surface area contributed by atoms with Crippen LogP contribution in [0, 0.1) is 0 Å². The smallest absolute Gasteiger partial charge is 0.419 e. The van der Waals surface area contributed by atoms with Crippen LogP contribution >= 0.6 is 10.2 Å². The maximum atomic E-state index is 13.7. The van der Waals surface area contributed by atoms with Crippen molar-refractivity contribution < 1.29 is 48.0 Å². The lowest BCUT2D eigenvalue weighted by Crippen LogP contribution is -2.29. The second-order valence-corrected chi connectivity index (χ2v) is 11.1. The average molecular weight is 554 g/mol. The van der Waals surface area contributed by atoms with Crippen LogP contribution in [0.3, 0.4) is 0 Å². The molecule has 3 aromatic rings. The number of fused-ring (bicyclic) bond motifs is 1. The number of carbonyl (C=O) groups is 2. The summed E-state index contributed by atoms with van der Waals surface area (Å²) in [6.45, 7) is 5.70. The Morgan fingerprint density at radius 1 is 1.00 bits per heavy atom. The topological polar surface area (TPSA) is 102 Å². The maximum Gasteiger partial charge on any atom is 0.419 e. The summed E-state index contributed by atoms with van der Waals surface area (Å²) in [6, 6.07) is 1.94. The van der Waals surface area contributed by atoms with Crippen molar-refractivity contribution in [2.75, 3.05) is 20.8 Å². The van der Waals surface area contributed by atoms with Crippen LogP contribution in [0.2, 0.25) is 0 Å². The summed E-state index contributed by atoms with van der Waals surface area (Å²) in [5.74, 6) is -1.21. The third-order valence-corrected chi connectivity index (χ3v) is 5.90. The largest absolute Gasteiger partial charge is 0.481 e. The highest BCUT2D eigenvalue weighted by Crippen LogP contribution is 3.02. The lowest BCUT2D eigenvalue weighted by molar-refractivity contribution is 0.0454. The molecule has 0 unspecified atom stereocenters. The molecule has 0 fully saturated rings. The van der Waals surface area contributed by atoms with Gasteiger partial charge in [0.2, 0.25) is 5.88 Å². The minimum Gasteiger partial charge on any atom is -0.481 e. The van der Waals surface area contributed by atoms with Gasteiger partial charge in [-0.25, -0.2) is 14.2 Å². The Labute approximate surface area is 208 Å². The Balaban J connectivity index is 2.56. The minimum atomic E-state index is -10.2. The third-order valence-electron chi connectivity index (χ3n) is 4.76. The monoisotopic (exact) mass is 553 g/mol. The normalized spacial score (nSPS) is 14.0. The molecule has 0 amide bonds. The molecule has 37 heavy (non-hydrogen) atoms. The number of halogens is 5. The van der Waals surface area contributed by atoms with Crippen molar-refractivity contribution >= 4 is 33.2 Å². The third kappa shape index (κ3) is 5.87. The Bertz CT molecular complexity index is 1380. The molecule has 2 aromatic heterocycles. The van der Waals surface area contributed by atoms with Gasteiger partial charge in [0, 0.05) is 17.0 Å². The van der Waals surface area contributed by atoms with Crippen molar-refractivity contribution in [2.24, 2.45) is 0 Å². The van der Waals surface area contributed by atoms with E-state index in [1.54, 1.807) is 0 Å². The van der Waals surface area contributed by atoms with E-state index in [0.29, 0.717) is 10.6 Å². The number of benzene rings is 1. The number of esters is 1. The second kappa shape index (κ2) is 8.46. The van der Waals surface area contributed by atoms with Crippen LogP contribution in [-0.4, -0.2) is 53.0 Å². The van der Waals surface area contributed by atoms with Crippen molar-refractivity contribution in [3.05, 3.63) is 30.0 Å². The van der Waals surface area contributed by atoms with Gasteiger partial charge >= 0.3 is 28.3 Å². The van der Waals surface area contributed by atoms with Crippen LogP contribution < -0.4 is 9.47 Å². The van der Waals surface area contributed by atoms with Gasteiger partial charge in [-0.15, -0.1) is 0 Å². The fourth-order valence-electron chi connectivity index (χ4n) is 3.38. The first-order valence-electron chi connectivity index (χ1n) is 10.6. The van der Waals surface area contributed by atoms with Crippen LogP contribution in [0.4, 0.5) is 24.2 Å². The zero-order chi connectivity index (χ0) is 28.0. The number of methoxy groups -OCH3 is 2.